The van der Waals surface area contributed by atoms with Gasteiger partial charge in [-0.2, -0.15) is 11.3 Å². The molecule has 2 aromatic heterocycles. The van der Waals surface area contributed by atoms with Gasteiger partial charge in [0.05, 0.1) is 6.42 Å². The zero-order valence-electron chi connectivity index (χ0n) is 10.1. The fourth-order valence-corrected chi connectivity index (χ4v) is 2.64. The molecule has 1 amide bonds. The molecule has 1 aliphatic carbocycles. The molecular weight excluding hydrogens is 248 g/mol. The summed E-state index contributed by atoms with van der Waals surface area (Å²) in [6.07, 6.45) is 2.68. The summed E-state index contributed by atoms with van der Waals surface area (Å²) in [5, 5.41) is 14.9. The number of aromatic nitrogens is 3. The molecule has 1 fully saturated rings. The van der Waals surface area contributed by atoms with E-state index in [0.717, 1.165) is 24.2 Å². The van der Waals surface area contributed by atoms with Gasteiger partial charge in [-0.05, 0) is 42.2 Å². The van der Waals surface area contributed by atoms with Gasteiger partial charge in [-0.15, -0.1) is 10.2 Å². The van der Waals surface area contributed by atoms with Crippen molar-refractivity contribution >= 4 is 23.2 Å². The molecular formula is C12H14N4OS. The Kier molecular flexibility index (Phi) is 2.87. The number of nitrogens with one attached hydrogen (secondary N) is 1. The number of carbonyl (C=O) groups excluding carboxylic acids is 1. The number of aryl methyl sites for hydroxylation is 1. The maximum Gasteiger partial charge on any atom is 0.231 e. The van der Waals surface area contributed by atoms with Gasteiger partial charge in [0.1, 0.15) is 5.82 Å². The minimum absolute atomic E-state index is 0.0392. The van der Waals surface area contributed by atoms with Crippen LogP contribution in [-0.4, -0.2) is 20.7 Å². The lowest BCUT2D eigenvalue weighted by Gasteiger charge is -2.07. The largest absolute Gasteiger partial charge is 0.294 e. The lowest BCUT2D eigenvalue weighted by molar-refractivity contribution is -0.115. The van der Waals surface area contributed by atoms with Crippen molar-refractivity contribution in [3.05, 3.63) is 28.2 Å². The summed E-state index contributed by atoms with van der Waals surface area (Å²) in [4.78, 5) is 11.9. The van der Waals surface area contributed by atoms with E-state index in [1.807, 2.05) is 28.3 Å². The first-order chi connectivity index (χ1) is 8.74. The number of amides is 1. The summed E-state index contributed by atoms with van der Waals surface area (Å²) in [5.74, 6) is 1.40. The SMILES string of the molecule is Cc1nnc(NC(=O)Cc2ccsc2)n1C1CC1. The summed E-state index contributed by atoms with van der Waals surface area (Å²) >= 11 is 1.60. The van der Waals surface area contributed by atoms with Gasteiger partial charge in [0.2, 0.25) is 11.9 Å². The molecule has 2 heterocycles. The predicted molar refractivity (Wildman–Crippen MR) is 69.7 cm³/mol. The van der Waals surface area contributed by atoms with Crippen LogP contribution in [0.3, 0.4) is 0 Å². The maximum atomic E-state index is 11.9. The number of hydrogen-bond donors (Lipinski definition) is 1. The van der Waals surface area contributed by atoms with Gasteiger partial charge < -0.3 is 0 Å². The molecule has 0 aromatic carbocycles. The summed E-state index contributed by atoms with van der Waals surface area (Å²) < 4.78 is 2.02. The van der Waals surface area contributed by atoms with Crippen molar-refractivity contribution in [1.29, 1.82) is 0 Å². The van der Waals surface area contributed by atoms with E-state index >= 15 is 0 Å². The smallest absolute Gasteiger partial charge is 0.231 e. The fourth-order valence-electron chi connectivity index (χ4n) is 1.97. The van der Waals surface area contributed by atoms with Crippen LogP contribution in [0.2, 0.25) is 0 Å². The summed E-state index contributed by atoms with van der Waals surface area (Å²) in [6, 6.07) is 2.43. The van der Waals surface area contributed by atoms with Crippen molar-refractivity contribution in [2.75, 3.05) is 5.32 Å². The van der Waals surface area contributed by atoms with Crippen LogP contribution in [0.4, 0.5) is 5.95 Å². The van der Waals surface area contributed by atoms with Crippen LogP contribution in [0.15, 0.2) is 16.8 Å². The molecule has 0 radical (unpaired) electrons. The van der Waals surface area contributed by atoms with E-state index in [0.29, 0.717) is 18.4 Å². The Morgan fingerprint density at radius 3 is 3.06 bits per heavy atom. The Labute approximate surface area is 109 Å². The Balaban J connectivity index is 1.70. The predicted octanol–water partition coefficient (Wildman–Crippen LogP) is 2.16. The summed E-state index contributed by atoms with van der Waals surface area (Å²) in [7, 11) is 0. The van der Waals surface area contributed by atoms with Crippen LogP contribution in [0.25, 0.3) is 0 Å². The number of hydrogen-bond acceptors (Lipinski definition) is 4. The minimum atomic E-state index is -0.0392. The lowest BCUT2D eigenvalue weighted by atomic mass is 10.2. The highest BCUT2D eigenvalue weighted by Crippen LogP contribution is 2.37. The molecule has 1 aliphatic rings. The van der Waals surface area contributed by atoms with Gasteiger partial charge in [0, 0.05) is 6.04 Å². The van der Waals surface area contributed by atoms with Crippen LogP contribution in [0.1, 0.15) is 30.3 Å². The standard InChI is InChI=1S/C12H14N4OS/c1-8-14-15-12(16(8)10-2-3-10)13-11(17)6-9-4-5-18-7-9/h4-5,7,10H,2-3,6H2,1H3,(H,13,15,17). The fraction of sp³-hybridized carbons (Fsp3) is 0.417. The average molecular weight is 262 g/mol. The second-order valence-electron chi connectivity index (χ2n) is 4.53. The summed E-state index contributed by atoms with van der Waals surface area (Å²) in [6.45, 7) is 1.92. The molecule has 0 atom stereocenters. The molecule has 5 nitrogen and oxygen atoms in total. The van der Waals surface area contributed by atoms with Gasteiger partial charge in [-0.25, -0.2) is 0 Å². The molecule has 18 heavy (non-hydrogen) atoms. The van der Waals surface area contributed by atoms with Crippen molar-refractivity contribution < 1.29 is 4.79 Å². The topological polar surface area (TPSA) is 59.8 Å². The Bertz CT molecular complexity index is 557. The molecule has 1 saturated carbocycles. The molecule has 0 aliphatic heterocycles. The zero-order chi connectivity index (χ0) is 12.5. The molecule has 0 bridgehead atoms. The number of rotatable bonds is 4. The second-order valence-corrected chi connectivity index (χ2v) is 5.31. The van der Waals surface area contributed by atoms with Crippen molar-refractivity contribution in [3.63, 3.8) is 0 Å². The van der Waals surface area contributed by atoms with Crippen LogP contribution in [0.5, 0.6) is 0 Å². The molecule has 94 valence electrons. The van der Waals surface area contributed by atoms with Crippen LogP contribution in [0, 0.1) is 6.92 Å². The Morgan fingerprint density at radius 1 is 1.56 bits per heavy atom. The van der Waals surface area contributed by atoms with E-state index in [-0.39, 0.29) is 5.91 Å². The molecule has 0 saturated heterocycles. The van der Waals surface area contributed by atoms with E-state index in [1.165, 1.54) is 0 Å². The van der Waals surface area contributed by atoms with Crippen molar-refractivity contribution in [1.82, 2.24) is 14.8 Å². The van der Waals surface area contributed by atoms with E-state index in [9.17, 15) is 4.79 Å². The minimum Gasteiger partial charge on any atom is -0.294 e. The third kappa shape index (κ3) is 2.28. The molecule has 6 heteroatoms. The molecule has 3 rings (SSSR count). The van der Waals surface area contributed by atoms with E-state index in [2.05, 4.69) is 15.5 Å². The Morgan fingerprint density at radius 2 is 2.39 bits per heavy atom. The lowest BCUT2D eigenvalue weighted by Crippen LogP contribution is -2.17. The van der Waals surface area contributed by atoms with Gasteiger partial charge in [0.25, 0.3) is 0 Å². The first-order valence-electron chi connectivity index (χ1n) is 5.96. The van der Waals surface area contributed by atoms with Gasteiger partial charge in [0.15, 0.2) is 0 Å². The molecule has 0 unspecified atom stereocenters. The van der Waals surface area contributed by atoms with Gasteiger partial charge >= 0.3 is 0 Å². The zero-order valence-corrected chi connectivity index (χ0v) is 10.9. The normalized spacial score (nSPS) is 14.7. The van der Waals surface area contributed by atoms with Crippen LogP contribution >= 0.6 is 11.3 Å². The van der Waals surface area contributed by atoms with Gasteiger partial charge in [-0.3, -0.25) is 14.7 Å². The third-order valence-corrected chi connectivity index (χ3v) is 3.71. The van der Waals surface area contributed by atoms with Gasteiger partial charge in [-0.1, -0.05) is 0 Å². The monoisotopic (exact) mass is 262 g/mol. The molecule has 2 aromatic rings. The van der Waals surface area contributed by atoms with Crippen LogP contribution in [-0.2, 0) is 11.2 Å². The second kappa shape index (κ2) is 4.53. The third-order valence-electron chi connectivity index (χ3n) is 2.97. The Hall–Kier alpha value is -1.69. The quantitative estimate of drug-likeness (QED) is 0.918. The van der Waals surface area contributed by atoms with E-state index in [1.54, 1.807) is 11.3 Å². The van der Waals surface area contributed by atoms with Crippen molar-refractivity contribution in [2.45, 2.75) is 32.2 Å². The van der Waals surface area contributed by atoms with Crippen molar-refractivity contribution in [2.24, 2.45) is 0 Å². The number of nitrogens with zero attached hydrogens (tertiary/aromatic N) is 3. The molecule has 0 spiro atoms. The number of anilines is 1. The highest BCUT2D eigenvalue weighted by Gasteiger charge is 2.28. The first kappa shape index (κ1) is 11.4. The van der Waals surface area contributed by atoms with E-state index < -0.39 is 0 Å². The number of carbonyl (C=O) groups is 1. The number of thiophene rings is 1. The maximum absolute atomic E-state index is 11.9. The summed E-state index contributed by atoms with van der Waals surface area (Å²) in [5.41, 5.74) is 1.03. The highest BCUT2D eigenvalue weighted by molar-refractivity contribution is 7.08. The first-order valence-corrected chi connectivity index (χ1v) is 6.91. The van der Waals surface area contributed by atoms with Crippen LogP contribution < -0.4 is 5.32 Å². The molecule has 1 N–H and O–H groups in total. The average Bonchev–Trinajstić information content (AvgIpc) is 2.91. The highest BCUT2D eigenvalue weighted by atomic mass is 32.1. The van der Waals surface area contributed by atoms with Crippen molar-refractivity contribution in [3.8, 4) is 0 Å². The van der Waals surface area contributed by atoms with E-state index in [4.69, 9.17) is 0 Å².